The van der Waals surface area contributed by atoms with Crippen LogP contribution in [0.4, 0.5) is 5.82 Å². The van der Waals surface area contributed by atoms with Crippen LogP contribution in [0, 0.1) is 6.92 Å². The highest BCUT2D eigenvalue weighted by Gasteiger charge is 2.22. The van der Waals surface area contributed by atoms with E-state index in [0.717, 1.165) is 41.3 Å². The fraction of sp³-hybridized carbons (Fsp3) is 0.562. The van der Waals surface area contributed by atoms with Crippen molar-refractivity contribution >= 4 is 16.7 Å². The molecule has 0 saturated carbocycles. The van der Waals surface area contributed by atoms with Crippen molar-refractivity contribution in [1.82, 2.24) is 15.0 Å². The Balaban J connectivity index is 2.13. The molecule has 2 aromatic heterocycles. The molecule has 0 radical (unpaired) electrons. The van der Waals surface area contributed by atoms with E-state index in [9.17, 15) is 0 Å². The van der Waals surface area contributed by atoms with Gasteiger partial charge in [-0.3, -0.25) is 0 Å². The Morgan fingerprint density at radius 3 is 2.77 bits per heavy atom. The average Bonchev–Trinajstić information content (AvgIpc) is 2.98. The fourth-order valence-corrected chi connectivity index (χ4v) is 2.55. The fourth-order valence-electron chi connectivity index (χ4n) is 2.55. The second-order valence-electron chi connectivity index (χ2n) is 5.90. The van der Waals surface area contributed by atoms with Crippen LogP contribution in [0.1, 0.15) is 37.7 Å². The molecule has 22 heavy (non-hydrogen) atoms. The normalized spacial score (nSPS) is 18.1. The zero-order chi connectivity index (χ0) is 15.7. The third-order valence-electron chi connectivity index (χ3n) is 3.71. The highest BCUT2D eigenvalue weighted by atomic mass is 16.5. The van der Waals surface area contributed by atoms with Crippen molar-refractivity contribution in [2.45, 2.75) is 39.2 Å². The summed E-state index contributed by atoms with van der Waals surface area (Å²) in [6.07, 6.45) is 0.934. The SMILES string of the molecule is CNc1nc(C(C)C)nc2cc(C)nc(OC3CCOC3)c12. The van der Waals surface area contributed by atoms with Crippen molar-refractivity contribution in [2.24, 2.45) is 0 Å². The van der Waals surface area contributed by atoms with E-state index < -0.39 is 0 Å². The number of anilines is 1. The average molecular weight is 302 g/mol. The van der Waals surface area contributed by atoms with E-state index in [1.165, 1.54) is 0 Å². The van der Waals surface area contributed by atoms with Crippen molar-refractivity contribution in [1.29, 1.82) is 0 Å². The van der Waals surface area contributed by atoms with Gasteiger partial charge in [0, 0.05) is 25.1 Å². The van der Waals surface area contributed by atoms with Crippen LogP contribution in [-0.2, 0) is 4.74 Å². The lowest BCUT2D eigenvalue weighted by atomic mass is 10.2. The first kappa shape index (κ1) is 15.0. The Labute approximate surface area is 130 Å². The van der Waals surface area contributed by atoms with Crippen LogP contribution < -0.4 is 10.1 Å². The molecular formula is C16H22N4O2. The molecule has 0 bridgehead atoms. The molecule has 0 aliphatic carbocycles. The molecule has 1 fully saturated rings. The molecule has 1 N–H and O–H groups in total. The van der Waals surface area contributed by atoms with Gasteiger partial charge in [-0.05, 0) is 13.0 Å². The molecule has 0 amide bonds. The topological polar surface area (TPSA) is 69.2 Å². The summed E-state index contributed by atoms with van der Waals surface area (Å²) in [7, 11) is 1.86. The molecule has 118 valence electrons. The molecule has 6 heteroatoms. The van der Waals surface area contributed by atoms with Crippen LogP contribution in [-0.4, -0.2) is 41.3 Å². The third-order valence-corrected chi connectivity index (χ3v) is 3.71. The molecule has 0 aromatic carbocycles. The third kappa shape index (κ3) is 2.83. The molecule has 1 aliphatic heterocycles. The van der Waals surface area contributed by atoms with Crippen LogP contribution in [0.5, 0.6) is 5.88 Å². The lowest BCUT2D eigenvalue weighted by Gasteiger charge is -2.16. The maximum Gasteiger partial charge on any atom is 0.227 e. The highest BCUT2D eigenvalue weighted by molar-refractivity contribution is 5.93. The Kier molecular flexibility index (Phi) is 4.11. The largest absolute Gasteiger partial charge is 0.471 e. The zero-order valence-electron chi connectivity index (χ0n) is 13.5. The molecule has 1 unspecified atom stereocenters. The van der Waals surface area contributed by atoms with Crippen molar-refractivity contribution in [3.05, 3.63) is 17.6 Å². The van der Waals surface area contributed by atoms with Crippen molar-refractivity contribution < 1.29 is 9.47 Å². The molecule has 3 rings (SSSR count). The molecule has 3 heterocycles. The molecule has 1 aliphatic rings. The summed E-state index contributed by atoms with van der Waals surface area (Å²) in [5.41, 5.74) is 1.75. The molecule has 1 saturated heterocycles. The minimum absolute atomic E-state index is 0.0481. The van der Waals surface area contributed by atoms with Crippen molar-refractivity contribution in [2.75, 3.05) is 25.6 Å². The van der Waals surface area contributed by atoms with E-state index in [1.807, 2.05) is 20.0 Å². The minimum Gasteiger partial charge on any atom is -0.471 e. The van der Waals surface area contributed by atoms with Gasteiger partial charge >= 0.3 is 0 Å². The van der Waals surface area contributed by atoms with Gasteiger partial charge in [-0.15, -0.1) is 0 Å². The first-order valence-electron chi connectivity index (χ1n) is 7.70. The Bertz CT molecular complexity index is 681. The van der Waals surface area contributed by atoms with Crippen LogP contribution >= 0.6 is 0 Å². The maximum absolute atomic E-state index is 6.06. The molecular weight excluding hydrogens is 280 g/mol. The number of aryl methyl sites for hydroxylation is 1. The Morgan fingerprint density at radius 1 is 1.32 bits per heavy atom. The lowest BCUT2D eigenvalue weighted by Crippen LogP contribution is -2.17. The number of hydrogen-bond donors (Lipinski definition) is 1. The van der Waals surface area contributed by atoms with Gasteiger partial charge in [0.25, 0.3) is 0 Å². The van der Waals surface area contributed by atoms with Crippen LogP contribution in [0.2, 0.25) is 0 Å². The summed E-state index contributed by atoms with van der Waals surface area (Å²) in [5, 5.41) is 3.99. The van der Waals surface area contributed by atoms with Gasteiger partial charge in [0.2, 0.25) is 5.88 Å². The Morgan fingerprint density at radius 2 is 2.14 bits per heavy atom. The van der Waals surface area contributed by atoms with E-state index in [2.05, 4.69) is 34.1 Å². The summed E-state index contributed by atoms with van der Waals surface area (Å²) in [4.78, 5) is 13.8. The summed E-state index contributed by atoms with van der Waals surface area (Å²) in [6, 6.07) is 1.97. The molecule has 1 atom stereocenters. The molecule has 0 spiro atoms. The highest BCUT2D eigenvalue weighted by Crippen LogP contribution is 2.31. The number of rotatable bonds is 4. The van der Waals surface area contributed by atoms with Gasteiger partial charge in [-0.1, -0.05) is 13.8 Å². The standard InChI is InChI=1S/C16H22N4O2/c1-9(2)14-19-12-7-10(3)18-16(13(12)15(17-4)20-14)22-11-5-6-21-8-11/h7,9,11H,5-6,8H2,1-4H3,(H,17,19,20). The Hall–Kier alpha value is -1.95. The summed E-state index contributed by atoms with van der Waals surface area (Å²) >= 11 is 0. The number of pyridine rings is 1. The number of ether oxygens (including phenoxy) is 2. The van der Waals surface area contributed by atoms with Crippen LogP contribution in [0.3, 0.4) is 0 Å². The number of fused-ring (bicyclic) bond motifs is 1. The summed E-state index contributed by atoms with van der Waals surface area (Å²) in [5.74, 6) is 2.43. The van der Waals surface area contributed by atoms with Gasteiger partial charge in [0.15, 0.2) is 0 Å². The van der Waals surface area contributed by atoms with Crippen molar-refractivity contribution in [3.63, 3.8) is 0 Å². The number of nitrogens with one attached hydrogen (secondary N) is 1. The second kappa shape index (κ2) is 6.04. The van der Waals surface area contributed by atoms with Crippen LogP contribution in [0.25, 0.3) is 10.9 Å². The van der Waals surface area contributed by atoms with Crippen molar-refractivity contribution in [3.8, 4) is 5.88 Å². The minimum atomic E-state index is 0.0481. The van der Waals surface area contributed by atoms with Gasteiger partial charge < -0.3 is 14.8 Å². The van der Waals surface area contributed by atoms with E-state index in [1.54, 1.807) is 0 Å². The van der Waals surface area contributed by atoms with E-state index in [0.29, 0.717) is 12.5 Å². The second-order valence-corrected chi connectivity index (χ2v) is 5.90. The number of nitrogens with zero attached hydrogens (tertiary/aromatic N) is 3. The summed E-state index contributed by atoms with van der Waals surface area (Å²) < 4.78 is 11.4. The van der Waals surface area contributed by atoms with Crippen LogP contribution in [0.15, 0.2) is 6.07 Å². The first-order chi connectivity index (χ1) is 10.6. The van der Waals surface area contributed by atoms with Gasteiger partial charge in [-0.2, -0.15) is 0 Å². The molecule has 6 nitrogen and oxygen atoms in total. The van der Waals surface area contributed by atoms with Gasteiger partial charge in [0.05, 0.1) is 18.7 Å². The molecule has 2 aromatic rings. The maximum atomic E-state index is 6.06. The predicted molar refractivity (Wildman–Crippen MR) is 85.6 cm³/mol. The van der Waals surface area contributed by atoms with E-state index in [4.69, 9.17) is 9.47 Å². The zero-order valence-corrected chi connectivity index (χ0v) is 13.5. The summed E-state index contributed by atoms with van der Waals surface area (Å²) in [6.45, 7) is 7.47. The smallest absolute Gasteiger partial charge is 0.227 e. The predicted octanol–water partition coefficient (Wildman–Crippen LogP) is 2.67. The van der Waals surface area contributed by atoms with E-state index >= 15 is 0 Å². The van der Waals surface area contributed by atoms with Gasteiger partial charge in [0.1, 0.15) is 23.1 Å². The lowest BCUT2D eigenvalue weighted by molar-refractivity contribution is 0.139. The number of aromatic nitrogens is 3. The monoisotopic (exact) mass is 302 g/mol. The van der Waals surface area contributed by atoms with E-state index in [-0.39, 0.29) is 12.0 Å². The van der Waals surface area contributed by atoms with Gasteiger partial charge in [-0.25, -0.2) is 15.0 Å². The quantitative estimate of drug-likeness (QED) is 0.936. The first-order valence-corrected chi connectivity index (χ1v) is 7.70. The number of hydrogen-bond acceptors (Lipinski definition) is 6.